The van der Waals surface area contributed by atoms with Crippen molar-refractivity contribution in [2.75, 3.05) is 6.54 Å². The second kappa shape index (κ2) is 8.95. The highest BCUT2D eigenvalue weighted by Crippen LogP contribution is 2.20. The molecule has 2 aromatic rings. The van der Waals surface area contributed by atoms with Crippen molar-refractivity contribution < 1.29 is 18.4 Å². The SMILES string of the molecule is CC(C)CC(=O)N(Cc1cccc(F)c1)C[C@H]1CC(c2cccc(F)c2)=NO1. The predicted octanol–water partition coefficient (Wildman–Crippen LogP) is 4.53. The van der Waals surface area contributed by atoms with Crippen LogP contribution in [-0.2, 0) is 16.2 Å². The van der Waals surface area contributed by atoms with E-state index in [9.17, 15) is 13.6 Å². The van der Waals surface area contributed by atoms with Gasteiger partial charge in [-0.05, 0) is 35.7 Å². The van der Waals surface area contributed by atoms with Gasteiger partial charge in [0, 0.05) is 24.9 Å². The number of halogens is 2. The normalized spacial score (nSPS) is 16.0. The molecule has 0 unspecified atom stereocenters. The van der Waals surface area contributed by atoms with Crippen LogP contribution in [0, 0.1) is 17.6 Å². The van der Waals surface area contributed by atoms with Gasteiger partial charge in [0.25, 0.3) is 0 Å². The van der Waals surface area contributed by atoms with Crippen LogP contribution in [0.4, 0.5) is 8.78 Å². The van der Waals surface area contributed by atoms with E-state index < -0.39 is 0 Å². The number of hydrogen-bond donors (Lipinski definition) is 0. The lowest BCUT2D eigenvalue weighted by Gasteiger charge is -2.26. The van der Waals surface area contributed by atoms with Crippen molar-refractivity contribution >= 4 is 11.6 Å². The van der Waals surface area contributed by atoms with Gasteiger partial charge in [-0.1, -0.05) is 43.3 Å². The van der Waals surface area contributed by atoms with Gasteiger partial charge in [0.1, 0.15) is 11.6 Å². The molecule has 2 aromatic carbocycles. The van der Waals surface area contributed by atoms with E-state index >= 15 is 0 Å². The smallest absolute Gasteiger partial charge is 0.223 e. The van der Waals surface area contributed by atoms with Crippen LogP contribution in [0.15, 0.2) is 53.7 Å². The monoisotopic (exact) mass is 386 g/mol. The number of benzene rings is 2. The zero-order valence-electron chi connectivity index (χ0n) is 16.1. The number of carbonyl (C=O) groups is 1. The van der Waals surface area contributed by atoms with Gasteiger partial charge in [-0.3, -0.25) is 4.79 Å². The molecule has 1 heterocycles. The van der Waals surface area contributed by atoms with Crippen LogP contribution < -0.4 is 0 Å². The highest BCUT2D eigenvalue weighted by molar-refractivity contribution is 6.01. The van der Waals surface area contributed by atoms with Crippen molar-refractivity contribution in [3.8, 4) is 0 Å². The van der Waals surface area contributed by atoms with E-state index in [1.165, 1.54) is 24.3 Å². The lowest BCUT2D eigenvalue weighted by atomic mass is 10.0. The minimum Gasteiger partial charge on any atom is -0.390 e. The molecule has 0 spiro atoms. The quantitative estimate of drug-likeness (QED) is 0.701. The van der Waals surface area contributed by atoms with Crippen LogP contribution in [0.25, 0.3) is 0 Å². The van der Waals surface area contributed by atoms with Crippen LogP contribution >= 0.6 is 0 Å². The van der Waals surface area contributed by atoms with E-state index in [2.05, 4.69) is 5.16 Å². The number of carbonyl (C=O) groups excluding carboxylic acids is 1. The number of amides is 1. The maximum atomic E-state index is 13.5. The fourth-order valence-corrected chi connectivity index (χ4v) is 3.20. The lowest BCUT2D eigenvalue weighted by Crippen LogP contribution is -2.37. The summed E-state index contributed by atoms with van der Waals surface area (Å²) in [7, 11) is 0. The molecule has 0 N–H and O–H groups in total. The van der Waals surface area contributed by atoms with Crippen LogP contribution in [-0.4, -0.2) is 29.2 Å². The van der Waals surface area contributed by atoms with Crippen molar-refractivity contribution in [3.63, 3.8) is 0 Å². The van der Waals surface area contributed by atoms with E-state index in [0.717, 1.165) is 5.56 Å². The Hall–Kier alpha value is -2.76. The third-order valence-corrected chi connectivity index (χ3v) is 4.51. The molecule has 3 rings (SSSR count). The van der Waals surface area contributed by atoms with E-state index in [0.29, 0.717) is 37.2 Å². The van der Waals surface area contributed by atoms with E-state index in [4.69, 9.17) is 4.84 Å². The molecule has 1 atom stereocenters. The number of rotatable bonds is 7. The van der Waals surface area contributed by atoms with Gasteiger partial charge < -0.3 is 9.74 Å². The Morgan fingerprint density at radius 3 is 2.57 bits per heavy atom. The molecule has 0 radical (unpaired) electrons. The summed E-state index contributed by atoms with van der Waals surface area (Å²) in [5.41, 5.74) is 2.06. The van der Waals surface area contributed by atoms with E-state index in [1.807, 2.05) is 13.8 Å². The summed E-state index contributed by atoms with van der Waals surface area (Å²) >= 11 is 0. The Bertz CT molecular complexity index is 867. The molecule has 0 saturated heterocycles. The minimum atomic E-state index is -0.331. The fourth-order valence-electron chi connectivity index (χ4n) is 3.20. The molecule has 4 nitrogen and oxygen atoms in total. The van der Waals surface area contributed by atoms with Crippen molar-refractivity contribution in [1.82, 2.24) is 4.90 Å². The van der Waals surface area contributed by atoms with Crippen LogP contribution in [0.2, 0.25) is 0 Å². The highest BCUT2D eigenvalue weighted by Gasteiger charge is 2.27. The summed E-state index contributed by atoms with van der Waals surface area (Å²) in [6, 6.07) is 12.4. The Morgan fingerprint density at radius 1 is 1.18 bits per heavy atom. The summed E-state index contributed by atoms with van der Waals surface area (Å²) in [6.45, 7) is 4.61. The Balaban J connectivity index is 1.68. The van der Waals surface area contributed by atoms with E-state index in [-0.39, 0.29) is 29.6 Å². The molecular formula is C22H24F2N2O2. The fraction of sp³-hybridized carbons (Fsp3) is 0.364. The van der Waals surface area contributed by atoms with Gasteiger partial charge in [-0.2, -0.15) is 0 Å². The average Bonchev–Trinajstić information content (AvgIpc) is 3.09. The van der Waals surface area contributed by atoms with Crippen molar-refractivity contribution in [1.29, 1.82) is 0 Å². The summed E-state index contributed by atoms with van der Waals surface area (Å²) in [4.78, 5) is 19.9. The van der Waals surface area contributed by atoms with Gasteiger partial charge in [0.15, 0.2) is 6.10 Å². The zero-order chi connectivity index (χ0) is 20.1. The van der Waals surface area contributed by atoms with Gasteiger partial charge >= 0.3 is 0 Å². The highest BCUT2D eigenvalue weighted by atomic mass is 19.1. The molecule has 0 bridgehead atoms. The Labute approximate surface area is 163 Å². The molecule has 28 heavy (non-hydrogen) atoms. The second-order valence-electron chi connectivity index (χ2n) is 7.48. The first-order valence-electron chi connectivity index (χ1n) is 9.41. The van der Waals surface area contributed by atoms with Crippen molar-refractivity contribution in [3.05, 3.63) is 71.3 Å². The molecule has 1 aliphatic rings. The topological polar surface area (TPSA) is 41.9 Å². The second-order valence-corrected chi connectivity index (χ2v) is 7.48. The average molecular weight is 386 g/mol. The molecule has 0 aliphatic carbocycles. The molecular weight excluding hydrogens is 362 g/mol. The molecule has 1 amide bonds. The minimum absolute atomic E-state index is 0.0120. The van der Waals surface area contributed by atoms with Gasteiger partial charge in [-0.15, -0.1) is 0 Å². The lowest BCUT2D eigenvalue weighted by molar-refractivity contribution is -0.134. The standard InChI is InChI=1S/C22H24F2N2O2/c1-15(2)9-22(27)26(13-16-5-3-7-18(23)10-16)14-20-12-21(25-28-20)17-6-4-8-19(24)11-17/h3-8,10-11,15,20H,9,12-14H2,1-2H3/t20-/m1/s1. The summed E-state index contributed by atoms with van der Waals surface area (Å²) in [6.07, 6.45) is 0.570. The van der Waals surface area contributed by atoms with Gasteiger partial charge in [0.05, 0.1) is 12.3 Å². The first-order valence-corrected chi connectivity index (χ1v) is 9.41. The third kappa shape index (κ3) is 5.38. The van der Waals surface area contributed by atoms with Crippen LogP contribution in [0.3, 0.4) is 0 Å². The number of oxime groups is 1. The number of hydrogen-bond acceptors (Lipinski definition) is 3. The molecule has 6 heteroatoms. The molecule has 0 fully saturated rings. The maximum absolute atomic E-state index is 13.5. The van der Waals surface area contributed by atoms with Crippen molar-refractivity contribution in [2.24, 2.45) is 11.1 Å². The molecule has 0 saturated carbocycles. The first kappa shape index (κ1) is 20.0. The summed E-state index contributed by atoms with van der Waals surface area (Å²) in [5, 5.41) is 4.07. The predicted molar refractivity (Wildman–Crippen MR) is 104 cm³/mol. The molecule has 148 valence electrons. The van der Waals surface area contributed by atoms with Gasteiger partial charge in [0.2, 0.25) is 5.91 Å². The Kier molecular flexibility index (Phi) is 6.39. The van der Waals surface area contributed by atoms with Gasteiger partial charge in [-0.25, -0.2) is 8.78 Å². The largest absolute Gasteiger partial charge is 0.390 e. The first-order chi connectivity index (χ1) is 13.4. The van der Waals surface area contributed by atoms with E-state index in [1.54, 1.807) is 29.2 Å². The zero-order valence-corrected chi connectivity index (χ0v) is 16.1. The van der Waals surface area contributed by atoms with Crippen LogP contribution in [0.5, 0.6) is 0 Å². The maximum Gasteiger partial charge on any atom is 0.223 e. The summed E-state index contributed by atoms with van der Waals surface area (Å²) in [5.74, 6) is -0.459. The Morgan fingerprint density at radius 2 is 1.89 bits per heavy atom. The molecule has 1 aliphatic heterocycles. The molecule has 0 aromatic heterocycles. The van der Waals surface area contributed by atoms with Crippen molar-refractivity contribution in [2.45, 2.75) is 39.3 Å². The summed E-state index contributed by atoms with van der Waals surface area (Å²) < 4.78 is 27.0. The van der Waals surface area contributed by atoms with Crippen LogP contribution in [0.1, 0.15) is 37.8 Å². The third-order valence-electron chi connectivity index (χ3n) is 4.51. The number of nitrogens with zero attached hydrogens (tertiary/aromatic N) is 2.